The number of aromatic hydroxyl groups is 1. The zero-order valence-electron chi connectivity index (χ0n) is 12.5. The minimum atomic E-state index is -0.392. The molecule has 0 aliphatic heterocycles. The van der Waals surface area contributed by atoms with Gasteiger partial charge in [-0.2, -0.15) is 9.97 Å². The van der Waals surface area contributed by atoms with Crippen molar-refractivity contribution in [3.8, 4) is 11.9 Å². The fourth-order valence-electron chi connectivity index (χ4n) is 2.25. The number of rotatable bonds is 4. The summed E-state index contributed by atoms with van der Waals surface area (Å²) in [7, 11) is 0. The molecular formula is C17H14FN3O2. The molecule has 3 rings (SSSR count). The Morgan fingerprint density at radius 3 is 2.91 bits per heavy atom. The van der Waals surface area contributed by atoms with E-state index in [0.717, 1.165) is 5.57 Å². The molecule has 5 nitrogen and oxygen atoms in total. The van der Waals surface area contributed by atoms with Crippen molar-refractivity contribution in [1.82, 2.24) is 15.0 Å². The number of hydrogen-bond donors (Lipinski definition) is 1. The van der Waals surface area contributed by atoms with E-state index in [2.05, 4.69) is 21.5 Å². The molecule has 0 radical (unpaired) electrons. The molecular weight excluding hydrogens is 297 g/mol. The maximum atomic E-state index is 14.0. The normalized spacial score (nSPS) is 10.7. The molecule has 2 aromatic heterocycles. The first-order valence-corrected chi connectivity index (χ1v) is 6.93. The van der Waals surface area contributed by atoms with Gasteiger partial charge < -0.3 is 9.84 Å². The minimum absolute atomic E-state index is 0.0427. The highest BCUT2D eigenvalue weighted by molar-refractivity contribution is 5.82. The monoisotopic (exact) mass is 311 g/mol. The number of nitrogens with zero attached hydrogens (tertiary/aromatic N) is 3. The molecule has 1 N–H and O–H groups in total. The van der Waals surface area contributed by atoms with E-state index in [1.54, 1.807) is 25.1 Å². The average Bonchev–Trinajstić information content (AvgIpc) is 2.53. The van der Waals surface area contributed by atoms with Crippen LogP contribution >= 0.6 is 0 Å². The molecule has 0 unspecified atom stereocenters. The third-order valence-electron chi connectivity index (χ3n) is 3.38. The maximum absolute atomic E-state index is 14.0. The zero-order chi connectivity index (χ0) is 16.4. The van der Waals surface area contributed by atoms with Crippen LogP contribution in [0.2, 0.25) is 0 Å². The molecule has 0 saturated carbocycles. The molecule has 0 amide bonds. The van der Waals surface area contributed by atoms with Gasteiger partial charge in [0.05, 0.1) is 17.1 Å². The van der Waals surface area contributed by atoms with Crippen molar-refractivity contribution >= 4 is 16.5 Å². The van der Waals surface area contributed by atoms with Crippen molar-refractivity contribution in [2.75, 3.05) is 0 Å². The van der Waals surface area contributed by atoms with E-state index in [0.29, 0.717) is 22.0 Å². The Labute approximate surface area is 132 Å². The predicted molar refractivity (Wildman–Crippen MR) is 84.4 cm³/mol. The van der Waals surface area contributed by atoms with Crippen LogP contribution < -0.4 is 4.74 Å². The van der Waals surface area contributed by atoms with Crippen LogP contribution in [0.25, 0.3) is 16.5 Å². The van der Waals surface area contributed by atoms with Gasteiger partial charge in [-0.15, -0.1) is 0 Å². The van der Waals surface area contributed by atoms with Gasteiger partial charge in [-0.1, -0.05) is 24.3 Å². The third kappa shape index (κ3) is 2.96. The Bertz CT molecular complexity index is 896. The smallest absolute Gasteiger partial charge is 0.320 e. The number of fused-ring (bicyclic) bond motifs is 1. The summed E-state index contributed by atoms with van der Waals surface area (Å²) < 4.78 is 19.5. The highest BCUT2D eigenvalue weighted by Gasteiger charge is 2.12. The van der Waals surface area contributed by atoms with Gasteiger partial charge in [-0.25, -0.2) is 4.39 Å². The lowest BCUT2D eigenvalue weighted by molar-refractivity contribution is 0.272. The summed E-state index contributed by atoms with van der Waals surface area (Å²) in [5.74, 6) is -0.599. The highest BCUT2D eigenvalue weighted by atomic mass is 19.1. The molecule has 116 valence electrons. The quantitative estimate of drug-likeness (QED) is 0.799. The standard InChI is InChI=1S/C17H14FN3O2/c1-10(2)11-4-3-5-14(18)13(11)9-23-17-20-15-8-19-7-6-12(15)16(22)21-17/h3-8H,1,9H2,2H3,(H,20,21,22). The average molecular weight is 311 g/mol. The van der Waals surface area contributed by atoms with Crippen LogP contribution in [0, 0.1) is 5.82 Å². The number of ether oxygens (including phenoxy) is 1. The lowest BCUT2D eigenvalue weighted by Gasteiger charge is -2.11. The summed E-state index contributed by atoms with van der Waals surface area (Å²) in [5.41, 5.74) is 2.23. The Kier molecular flexibility index (Phi) is 3.89. The van der Waals surface area contributed by atoms with Crippen molar-refractivity contribution < 1.29 is 14.2 Å². The van der Waals surface area contributed by atoms with E-state index in [9.17, 15) is 9.50 Å². The van der Waals surface area contributed by atoms with Crippen molar-refractivity contribution in [2.24, 2.45) is 0 Å². The molecule has 0 spiro atoms. The first kappa shape index (κ1) is 14.9. The molecule has 3 aromatic rings. The molecule has 2 heterocycles. The van der Waals surface area contributed by atoms with Crippen molar-refractivity contribution in [3.63, 3.8) is 0 Å². The molecule has 0 fully saturated rings. The van der Waals surface area contributed by atoms with Gasteiger partial charge in [0, 0.05) is 11.8 Å². The number of allylic oxidation sites excluding steroid dienone is 1. The Hall–Kier alpha value is -3.02. The van der Waals surface area contributed by atoms with Gasteiger partial charge in [0.2, 0.25) is 5.88 Å². The second kappa shape index (κ2) is 6.00. The lowest BCUT2D eigenvalue weighted by atomic mass is 10.0. The van der Waals surface area contributed by atoms with Crippen LogP contribution in [-0.4, -0.2) is 20.1 Å². The summed E-state index contributed by atoms with van der Waals surface area (Å²) in [6.07, 6.45) is 3.02. The van der Waals surface area contributed by atoms with Crippen LogP contribution in [0.1, 0.15) is 18.1 Å². The third-order valence-corrected chi connectivity index (χ3v) is 3.38. The SMILES string of the molecule is C=C(C)c1cccc(F)c1COc1nc(O)c2ccncc2n1. The first-order chi connectivity index (χ1) is 11.1. The van der Waals surface area contributed by atoms with Crippen LogP contribution in [0.4, 0.5) is 4.39 Å². The topological polar surface area (TPSA) is 68.1 Å². The van der Waals surface area contributed by atoms with E-state index < -0.39 is 5.82 Å². The number of hydrogen-bond acceptors (Lipinski definition) is 5. The number of halogens is 1. The maximum Gasteiger partial charge on any atom is 0.320 e. The molecule has 0 bridgehead atoms. The fraction of sp³-hybridized carbons (Fsp3) is 0.118. The molecule has 0 aliphatic rings. The van der Waals surface area contributed by atoms with Gasteiger partial charge in [0.1, 0.15) is 12.4 Å². The molecule has 23 heavy (non-hydrogen) atoms. The van der Waals surface area contributed by atoms with Crippen LogP contribution in [-0.2, 0) is 6.61 Å². The number of pyridine rings is 1. The van der Waals surface area contributed by atoms with E-state index >= 15 is 0 Å². The minimum Gasteiger partial charge on any atom is -0.493 e. The molecule has 6 heteroatoms. The van der Waals surface area contributed by atoms with Crippen LogP contribution in [0.5, 0.6) is 11.9 Å². The molecule has 0 aliphatic carbocycles. The van der Waals surface area contributed by atoms with Gasteiger partial charge in [0.15, 0.2) is 0 Å². The van der Waals surface area contributed by atoms with Gasteiger partial charge in [0.25, 0.3) is 0 Å². The number of aromatic nitrogens is 3. The second-order valence-electron chi connectivity index (χ2n) is 5.06. The van der Waals surface area contributed by atoms with E-state index in [-0.39, 0.29) is 18.5 Å². The lowest BCUT2D eigenvalue weighted by Crippen LogP contribution is -2.05. The van der Waals surface area contributed by atoms with Gasteiger partial charge in [-0.3, -0.25) is 4.98 Å². The van der Waals surface area contributed by atoms with Crippen LogP contribution in [0.15, 0.2) is 43.2 Å². The van der Waals surface area contributed by atoms with Gasteiger partial charge >= 0.3 is 6.01 Å². The zero-order valence-corrected chi connectivity index (χ0v) is 12.5. The predicted octanol–water partition coefficient (Wildman–Crippen LogP) is 3.48. The first-order valence-electron chi connectivity index (χ1n) is 6.93. The Balaban J connectivity index is 1.91. The summed E-state index contributed by atoms with van der Waals surface area (Å²) in [6, 6.07) is 6.30. The summed E-state index contributed by atoms with van der Waals surface area (Å²) in [5, 5.41) is 10.4. The van der Waals surface area contributed by atoms with Crippen LogP contribution in [0.3, 0.4) is 0 Å². The van der Waals surface area contributed by atoms with Gasteiger partial charge in [-0.05, 0) is 24.6 Å². The van der Waals surface area contributed by atoms with Crippen molar-refractivity contribution in [1.29, 1.82) is 0 Å². The molecule has 0 atom stereocenters. The summed E-state index contributed by atoms with van der Waals surface area (Å²) >= 11 is 0. The van der Waals surface area contributed by atoms with Crippen molar-refractivity contribution in [3.05, 3.63) is 60.2 Å². The molecule has 0 saturated heterocycles. The fourth-order valence-corrected chi connectivity index (χ4v) is 2.25. The van der Waals surface area contributed by atoms with Crippen molar-refractivity contribution in [2.45, 2.75) is 13.5 Å². The highest BCUT2D eigenvalue weighted by Crippen LogP contribution is 2.25. The largest absolute Gasteiger partial charge is 0.493 e. The second-order valence-corrected chi connectivity index (χ2v) is 5.06. The van der Waals surface area contributed by atoms with E-state index in [1.807, 2.05) is 0 Å². The summed E-state index contributed by atoms with van der Waals surface area (Å²) in [6.45, 7) is 5.56. The number of benzene rings is 1. The summed E-state index contributed by atoms with van der Waals surface area (Å²) in [4.78, 5) is 12.0. The van der Waals surface area contributed by atoms with E-state index in [4.69, 9.17) is 4.74 Å². The Morgan fingerprint density at radius 1 is 1.30 bits per heavy atom. The Morgan fingerprint density at radius 2 is 2.13 bits per heavy atom. The van der Waals surface area contributed by atoms with E-state index in [1.165, 1.54) is 18.5 Å². The molecule has 1 aromatic carbocycles.